The summed E-state index contributed by atoms with van der Waals surface area (Å²) in [5, 5.41) is 17.9. The third kappa shape index (κ3) is 1.90. The SMILES string of the molecule is Cc1cc(C[C@@H](O)C(=O)O)cn2cncc12. The van der Waals surface area contributed by atoms with Gasteiger partial charge in [0.25, 0.3) is 0 Å². The highest BCUT2D eigenvalue weighted by atomic mass is 16.4. The topological polar surface area (TPSA) is 74.8 Å². The van der Waals surface area contributed by atoms with Crippen molar-refractivity contribution in [3.8, 4) is 0 Å². The number of aromatic nitrogens is 2. The Kier molecular flexibility index (Phi) is 2.62. The van der Waals surface area contributed by atoms with Crippen LogP contribution in [0.5, 0.6) is 0 Å². The van der Waals surface area contributed by atoms with Gasteiger partial charge in [0.15, 0.2) is 6.10 Å². The summed E-state index contributed by atoms with van der Waals surface area (Å²) >= 11 is 0. The predicted molar refractivity (Wildman–Crippen MR) is 57.3 cm³/mol. The van der Waals surface area contributed by atoms with Crippen LogP contribution in [-0.4, -0.2) is 31.7 Å². The lowest BCUT2D eigenvalue weighted by atomic mass is 10.1. The Morgan fingerprint density at radius 2 is 2.38 bits per heavy atom. The van der Waals surface area contributed by atoms with Gasteiger partial charge in [0.2, 0.25) is 0 Å². The van der Waals surface area contributed by atoms with E-state index in [-0.39, 0.29) is 6.42 Å². The Balaban J connectivity index is 2.35. The molecule has 2 aromatic rings. The summed E-state index contributed by atoms with van der Waals surface area (Å²) < 4.78 is 1.82. The lowest BCUT2D eigenvalue weighted by Gasteiger charge is -2.07. The number of rotatable bonds is 3. The van der Waals surface area contributed by atoms with Gasteiger partial charge in [-0.3, -0.25) is 0 Å². The summed E-state index contributed by atoms with van der Waals surface area (Å²) in [6.45, 7) is 1.92. The van der Waals surface area contributed by atoms with Gasteiger partial charge in [-0.05, 0) is 18.1 Å². The van der Waals surface area contributed by atoms with Crippen molar-refractivity contribution in [1.29, 1.82) is 0 Å². The zero-order valence-corrected chi connectivity index (χ0v) is 8.79. The highest BCUT2D eigenvalue weighted by Gasteiger charge is 2.14. The second kappa shape index (κ2) is 3.94. The van der Waals surface area contributed by atoms with Gasteiger partial charge in [-0.2, -0.15) is 0 Å². The molecule has 0 unspecified atom stereocenters. The van der Waals surface area contributed by atoms with Gasteiger partial charge < -0.3 is 14.6 Å². The normalized spacial score (nSPS) is 12.9. The molecule has 84 valence electrons. The molecule has 2 N–H and O–H groups in total. The van der Waals surface area contributed by atoms with Crippen molar-refractivity contribution in [3.63, 3.8) is 0 Å². The monoisotopic (exact) mass is 220 g/mol. The fourth-order valence-corrected chi connectivity index (χ4v) is 1.70. The molecule has 0 spiro atoms. The molecule has 0 aromatic carbocycles. The molecule has 2 heterocycles. The van der Waals surface area contributed by atoms with Crippen molar-refractivity contribution >= 4 is 11.5 Å². The van der Waals surface area contributed by atoms with Crippen LogP contribution in [-0.2, 0) is 11.2 Å². The van der Waals surface area contributed by atoms with Crippen LogP contribution in [0.2, 0.25) is 0 Å². The average Bonchev–Trinajstić information content (AvgIpc) is 2.65. The first kappa shape index (κ1) is 10.6. The first-order valence-corrected chi connectivity index (χ1v) is 4.90. The summed E-state index contributed by atoms with van der Waals surface area (Å²) in [6, 6.07) is 1.86. The molecule has 0 bridgehead atoms. The number of aliphatic hydroxyl groups is 1. The van der Waals surface area contributed by atoms with Gasteiger partial charge in [0.05, 0.1) is 18.0 Å². The maximum absolute atomic E-state index is 10.5. The van der Waals surface area contributed by atoms with E-state index in [1.807, 2.05) is 17.4 Å². The third-order valence-electron chi connectivity index (χ3n) is 2.49. The highest BCUT2D eigenvalue weighted by Crippen LogP contribution is 2.13. The minimum atomic E-state index is -1.36. The molecule has 0 saturated carbocycles. The number of hydrogen-bond acceptors (Lipinski definition) is 3. The lowest BCUT2D eigenvalue weighted by molar-refractivity contribution is -0.146. The van der Waals surface area contributed by atoms with E-state index in [1.54, 1.807) is 18.7 Å². The average molecular weight is 220 g/mol. The van der Waals surface area contributed by atoms with Crippen LogP contribution in [0.4, 0.5) is 0 Å². The molecule has 5 nitrogen and oxygen atoms in total. The Morgan fingerprint density at radius 3 is 3.06 bits per heavy atom. The molecule has 16 heavy (non-hydrogen) atoms. The van der Waals surface area contributed by atoms with E-state index in [9.17, 15) is 9.90 Å². The van der Waals surface area contributed by atoms with Crippen LogP contribution < -0.4 is 0 Å². The maximum atomic E-state index is 10.5. The summed E-state index contributed by atoms with van der Waals surface area (Å²) in [5.74, 6) is -1.21. The number of hydrogen-bond donors (Lipinski definition) is 2. The Morgan fingerprint density at radius 1 is 1.62 bits per heavy atom. The summed E-state index contributed by atoms with van der Waals surface area (Å²) in [5.41, 5.74) is 2.76. The molecule has 0 saturated heterocycles. The molecule has 0 radical (unpaired) electrons. The number of nitrogens with zero attached hydrogens (tertiary/aromatic N) is 2. The van der Waals surface area contributed by atoms with E-state index < -0.39 is 12.1 Å². The zero-order chi connectivity index (χ0) is 11.7. The largest absolute Gasteiger partial charge is 0.479 e. The van der Waals surface area contributed by atoms with Gasteiger partial charge in [-0.15, -0.1) is 0 Å². The van der Waals surface area contributed by atoms with Gasteiger partial charge in [0.1, 0.15) is 0 Å². The first-order chi connectivity index (χ1) is 7.58. The summed E-state index contributed by atoms with van der Waals surface area (Å²) in [7, 11) is 0. The fourth-order valence-electron chi connectivity index (χ4n) is 1.70. The number of aliphatic carboxylic acids is 1. The van der Waals surface area contributed by atoms with Crippen LogP contribution in [0.25, 0.3) is 5.52 Å². The number of aliphatic hydroxyl groups excluding tert-OH is 1. The van der Waals surface area contributed by atoms with Crippen LogP contribution in [0, 0.1) is 6.92 Å². The van der Waals surface area contributed by atoms with Gasteiger partial charge in [-0.25, -0.2) is 9.78 Å². The standard InChI is InChI=1S/C11H12N2O3/c1-7-2-8(3-10(14)11(15)16)5-13-6-12-4-9(7)13/h2,4-6,10,14H,3H2,1H3,(H,15,16)/t10-/m1/s1. The second-order valence-corrected chi connectivity index (χ2v) is 3.78. The Bertz CT molecular complexity index is 533. The molecule has 5 heteroatoms. The summed E-state index contributed by atoms with van der Waals surface area (Å²) in [6.07, 6.45) is 3.91. The maximum Gasteiger partial charge on any atom is 0.332 e. The molecule has 0 amide bonds. The molecular formula is C11H12N2O3. The van der Waals surface area contributed by atoms with Crippen molar-refractivity contribution < 1.29 is 15.0 Å². The van der Waals surface area contributed by atoms with Gasteiger partial charge in [-0.1, -0.05) is 6.07 Å². The van der Waals surface area contributed by atoms with E-state index in [0.717, 1.165) is 16.6 Å². The number of carbonyl (C=O) groups is 1. The minimum Gasteiger partial charge on any atom is -0.479 e. The molecule has 2 aromatic heterocycles. The van der Waals surface area contributed by atoms with Gasteiger partial charge in [0, 0.05) is 12.6 Å². The fraction of sp³-hybridized carbons (Fsp3) is 0.273. The van der Waals surface area contributed by atoms with Crippen LogP contribution in [0.3, 0.4) is 0 Å². The second-order valence-electron chi connectivity index (χ2n) is 3.78. The lowest BCUT2D eigenvalue weighted by Crippen LogP contribution is -2.22. The first-order valence-electron chi connectivity index (χ1n) is 4.90. The molecule has 2 rings (SSSR count). The molecule has 1 atom stereocenters. The van der Waals surface area contributed by atoms with E-state index in [1.165, 1.54) is 0 Å². The number of pyridine rings is 1. The van der Waals surface area contributed by atoms with E-state index in [2.05, 4.69) is 4.98 Å². The van der Waals surface area contributed by atoms with Crippen LogP contribution in [0.1, 0.15) is 11.1 Å². The van der Waals surface area contributed by atoms with Gasteiger partial charge >= 0.3 is 5.97 Å². The third-order valence-corrected chi connectivity index (χ3v) is 2.49. The summed E-state index contributed by atoms with van der Waals surface area (Å²) in [4.78, 5) is 14.5. The van der Waals surface area contributed by atoms with E-state index >= 15 is 0 Å². The Labute approximate surface area is 92.0 Å². The van der Waals surface area contributed by atoms with Crippen molar-refractivity contribution in [2.75, 3.05) is 0 Å². The van der Waals surface area contributed by atoms with Crippen molar-refractivity contribution in [2.24, 2.45) is 0 Å². The Hall–Kier alpha value is -1.88. The number of aryl methyl sites for hydroxylation is 1. The van der Waals surface area contributed by atoms with Crippen LogP contribution in [0.15, 0.2) is 24.8 Å². The van der Waals surface area contributed by atoms with E-state index in [4.69, 9.17) is 5.11 Å². The molecule has 0 fully saturated rings. The van der Waals surface area contributed by atoms with Crippen molar-refractivity contribution in [1.82, 2.24) is 9.38 Å². The quantitative estimate of drug-likeness (QED) is 0.795. The molecule has 0 aliphatic heterocycles. The number of carboxylic acids is 1. The number of fused-ring (bicyclic) bond motifs is 1. The van der Waals surface area contributed by atoms with E-state index in [0.29, 0.717) is 0 Å². The minimum absolute atomic E-state index is 0.101. The zero-order valence-electron chi connectivity index (χ0n) is 8.79. The smallest absolute Gasteiger partial charge is 0.332 e. The highest BCUT2D eigenvalue weighted by molar-refractivity contribution is 5.72. The molecule has 0 aliphatic rings. The molecule has 0 aliphatic carbocycles. The van der Waals surface area contributed by atoms with Crippen molar-refractivity contribution in [3.05, 3.63) is 35.9 Å². The van der Waals surface area contributed by atoms with Crippen LogP contribution >= 0.6 is 0 Å². The van der Waals surface area contributed by atoms with Crippen molar-refractivity contribution in [2.45, 2.75) is 19.4 Å². The predicted octanol–water partition coefficient (Wildman–Crippen LogP) is 0.631. The number of imidazole rings is 1. The number of carboxylic acid groups (broad SMARTS) is 1. The molecular weight excluding hydrogens is 208 g/mol.